The number of carbonyl (C=O) groups excluding carboxylic acids is 1. The quantitative estimate of drug-likeness (QED) is 0.468. The summed E-state index contributed by atoms with van der Waals surface area (Å²) in [5.41, 5.74) is 1.06. The first kappa shape index (κ1) is 25.5. The molecule has 0 aromatic heterocycles. The highest BCUT2D eigenvalue weighted by molar-refractivity contribution is 5.69. The molecule has 190 valence electrons. The van der Waals surface area contributed by atoms with Gasteiger partial charge >= 0.3 is 5.97 Å². The molecule has 0 bridgehead atoms. The molecule has 4 fully saturated rings. The molecule has 4 heteroatoms. The Morgan fingerprint density at radius 2 is 1.76 bits per heavy atom. The maximum atomic E-state index is 11.7. The zero-order valence-electron chi connectivity index (χ0n) is 22.5. The zero-order valence-corrected chi connectivity index (χ0v) is 22.5. The van der Waals surface area contributed by atoms with Gasteiger partial charge in [-0.3, -0.25) is 4.79 Å². The van der Waals surface area contributed by atoms with E-state index in [0.29, 0.717) is 23.2 Å². The van der Waals surface area contributed by atoms with E-state index in [-0.39, 0.29) is 5.97 Å². The van der Waals surface area contributed by atoms with Crippen LogP contribution in [0.2, 0.25) is 0 Å². The van der Waals surface area contributed by atoms with Crippen molar-refractivity contribution in [3.8, 4) is 0 Å². The number of fused-ring (bicyclic) bond motifs is 5. The van der Waals surface area contributed by atoms with Crippen LogP contribution in [0.5, 0.6) is 0 Å². The standard InChI is InChI=1S/C29H52N2O2/c1-20(7-12-27(32)33-6)24-10-11-25-23-9-8-21-19-22(30-17-18-31(4)5)13-15-28(21,2)26(23)14-16-29(24,25)3/h20-26,30H,7-19H2,1-6H3/t20-,21?,22-,23?,24?,25?,26?,28?,29?/m1/s1. The van der Waals surface area contributed by atoms with Crippen LogP contribution in [-0.4, -0.2) is 51.2 Å². The Labute approximate surface area is 204 Å². The Balaban J connectivity index is 1.39. The lowest BCUT2D eigenvalue weighted by Gasteiger charge is -2.61. The van der Waals surface area contributed by atoms with E-state index in [9.17, 15) is 4.79 Å². The van der Waals surface area contributed by atoms with Crippen LogP contribution in [0.3, 0.4) is 0 Å². The summed E-state index contributed by atoms with van der Waals surface area (Å²) >= 11 is 0. The van der Waals surface area contributed by atoms with Crippen LogP contribution in [0.1, 0.15) is 91.4 Å². The van der Waals surface area contributed by atoms with E-state index < -0.39 is 0 Å². The molecule has 4 aliphatic rings. The molecule has 0 aliphatic heterocycles. The predicted molar refractivity (Wildman–Crippen MR) is 136 cm³/mol. The van der Waals surface area contributed by atoms with E-state index in [2.05, 4.69) is 45.1 Å². The van der Waals surface area contributed by atoms with Crippen molar-refractivity contribution in [3.63, 3.8) is 0 Å². The molecule has 7 unspecified atom stereocenters. The Morgan fingerprint density at radius 3 is 2.48 bits per heavy atom. The number of rotatable bonds is 8. The number of ether oxygens (including phenoxy) is 1. The van der Waals surface area contributed by atoms with Crippen LogP contribution in [0.25, 0.3) is 0 Å². The Bertz CT molecular complexity index is 681. The summed E-state index contributed by atoms with van der Waals surface area (Å²) in [7, 11) is 5.86. The molecule has 1 N–H and O–H groups in total. The largest absolute Gasteiger partial charge is 0.469 e. The molecule has 4 nitrogen and oxygen atoms in total. The molecule has 0 heterocycles. The van der Waals surface area contributed by atoms with Crippen LogP contribution in [0, 0.1) is 46.3 Å². The number of nitrogens with zero attached hydrogens (tertiary/aromatic N) is 1. The van der Waals surface area contributed by atoms with E-state index in [1.165, 1.54) is 64.9 Å². The van der Waals surface area contributed by atoms with Gasteiger partial charge in [-0.2, -0.15) is 0 Å². The summed E-state index contributed by atoms with van der Waals surface area (Å²) in [4.78, 5) is 14.0. The van der Waals surface area contributed by atoms with Crippen molar-refractivity contribution in [2.45, 2.75) is 97.4 Å². The average Bonchev–Trinajstić information content (AvgIpc) is 3.14. The molecule has 0 radical (unpaired) electrons. The monoisotopic (exact) mass is 460 g/mol. The van der Waals surface area contributed by atoms with Gasteiger partial charge in [0.15, 0.2) is 0 Å². The van der Waals surface area contributed by atoms with Gasteiger partial charge in [-0.1, -0.05) is 20.8 Å². The fourth-order valence-electron chi connectivity index (χ4n) is 9.56. The summed E-state index contributed by atoms with van der Waals surface area (Å²) in [6, 6.07) is 0.736. The SMILES string of the molecule is COC(=O)CC[C@@H](C)C1CCC2C3CCC4C[C@H](NCCN(C)C)CCC4(C)C3CCC21C. The Hall–Kier alpha value is -0.610. The Kier molecular flexibility index (Phi) is 7.85. The minimum Gasteiger partial charge on any atom is -0.469 e. The fourth-order valence-corrected chi connectivity index (χ4v) is 9.56. The van der Waals surface area contributed by atoms with E-state index in [1.807, 2.05) is 0 Å². The molecule has 4 rings (SSSR count). The molecule has 0 aromatic carbocycles. The number of hydrogen-bond acceptors (Lipinski definition) is 4. The summed E-state index contributed by atoms with van der Waals surface area (Å²) in [6.45, 7) is 10.0. The van der Waals surface area contributed by atoms with Crippen LogP contribution in [0.15, 0.2) is 0 Å². The van der Waals surface area contributed by atoms with Crippen molar-refractivity contribution in [1.82, 2.24) is 10.2 Å². The molecule has 4 saturated carbocycles. The van der Waals surface area contributed by atoms with Crippen molar-refractivity contribution in [2.75, 3.05) is 34.3 Å². The molecule has 0 aromatic rings. The van der Waals surface area contributed by atoms with Gasteiger partial charge in [-0.15, -0.1) is 0 Å². The average molecular weight is 461 g/mol. The van der Waals surface area contributed by atoms with E-state index in [1.54, 1.807) is 0 Å². The molecule has 9 atom stereocenters. The predicted octanol–water partition coefficient (Wildman–Crippen LogP) is 5.75. The van der Waals surface area contributed by atoms with Crippen LogP contribution >= 0.6 is 0 Å². The number of methoxy groups -OCH3 is 1. The zero-order chi connectivity index (χ0) is 23.8. The molecule has 4 aliphatic carbocycles. The number of carbonyl (C=O) groups is 1. The molecule has 33 heavy (non-hydrogen) atoms. The first-order chi connectivity index (χ1) is 15.7. The van der Waals surface area contributed by atoms with Gasteiger partial charge in [-0.25, -0.2) is 0 Å². The van der Waals surface area contributed by atoms with Crippen molar-refractivity contribution >= 4 is 5.97 Å². The molecular formula is C29H52N2O2. The third-order valence-electron chi connectivity index (χ3n) is 11.4. The smallest absolute Gasteiger partial charge is 0.305 e. The number of likely N-dealkylation sites (N-methyl/N-ethyl adjacent to an activating group) is 1. The second kappa shape index (κ2) is 10.2. The third kappa shape index (κ3) is 4.90. The van der Waals surface area contributed by atoms with Gasteiger partial charge in [0.05, 0.1) is 7.11 Å². The van der Waals surface area contributed by atoms with Gasteiger partial charge in [0.1, 0.15) is 0 Å². The molecule has 0 saturated heterocycles. The van der Waals surface area contributed by atoms with Crippen molar-refractivity contribution < 1.29 is 9.53 Å². The Morgan fingerprint density at radius 1 is 1.03 bits per heavy atom. The molecule has 0 amide bonds. The second-order valence-corrected chi connectivity index (χ2v) is 13.2. The number of esters is 1. The second-order valence-electron chi connectivity index (χ2n) is 13.2. The van der Waals surface area contributed by atoms with E-state index in [4.69, 9.17) is 4.74 Å². The lowest BCUT2D eigenvalue weighted by molar-refractivity contribution is -0.141. The maximum Gasteiger partial charge on any atom is 0.305 e. The molecule has 0 spiro atoms. The number of hydrogen-bond donors (Lipinski definition) is 1. The summed E-state index contributed by atoms with van der Waals surface area (Å²) in [5, 5.41) is 3.89. The minimum absolute atomic E-state index is 0.0386. The maximum absolute atomic E-state index is 11.7. The van der Waals surface area contributed by atoms with Crippen LogP contribution < -0.4 is 5.32 Å². The minimum atomic E-state index is -0.0386. The third-order valence-corrected chi connectivity index (χ3v) is 11.4. The lowest BCUT2D eigenvalue weighted by Crippen LogP contribution is -2.55. The lowest BCUT2D eigenvalue weighted by atomic mass is 9.44. The molecular weight excluding hydrogens is 408 g/mol. The highest BCUT2D eigenvalue weighted by Gasteiger charge is 2.60. The number of nitrogens with one attached hydrogen (secondary N) is 1. The van der Waals surface area contributed by atoms with Gasteiger partial charge in [-0.05, 0) is 125 Å². The normalized spacial score (nSPS) is 43.5. The summed E-state index contributed by atoms with van der Waals surface area (Å²) in [5.74, 6) is 5.10. The topological polar surface area (TPSA) is 41.6 Å². The van der Waals surface area contributed by atoms with Crippen LogP contribution in [0.4, 0.5) is 0 Å². The summed E-state index contributed by atoms with van der Waals surface area (Å²) in [6.07, 6.45) is 14.4. The van der Waals surface area contributed by atoms with Gasteiger partial charge < -0.3 is 15.0 Å². The first-order valence-corrected chi connectivity index (χ1v) is 14.1. The van der Waals surface area contributed by atoms with E-state index >= 15 is 0 Å². The van der Waals surface area contributed by atoms with Crippen molar-refractivity contribution in [1.29, 1.82) is 0 Å². The fraction of sp³-hybridized carbons (Fsp3) is 0.966. The van der Waals surface area contributed by atoms with Gasteiger partial charge in [0, 0.05) is 25.6 Å². The first-order valence-electron chi connectivity index (χ1n) is 14.1. The van der Waals surface area contributed by atoms with Crippen molar-refractivity contribution in [3.05, 3.63) is 0 Å². The van der Waals surface area contributed by atoms with E-state index in [0.717, 1.165) is 55.1 Å². The highest BCUT2D eigenvalue weighted by atomic mass is 16.5. The summed E-state index contributed by atoms with van der Waals surface area (Å²) < 4.78 is 4.92. The van der Waals surface area contributed by atoms with Crippen molar-refractivity contribution in [2.24, 2.45) is 46.3 Å². The van der Waals surface area contributed by atoms with Crippen LogP contribution in [-0.2, 0) is 9.53 Å². The van der Waals surface area contributed by atoms with Gasteiger partial charge in [0.2, 0.25) is 0 Å². The van der Waals surface area contributed by atoms with Gasteiger partial charge in [0.25, 0.3) is 0 Å². The highest BCUT2D eigenvalue weighted by Crippen LogP contribution is 2.68.